The molecule has 2 aromatic heterocycles. The molecule has 0 radical (unpaired) electrons. The summed E-state index contributed by atoms with van der Waals surface area (Å²) in [5.41, 5.74) is 7.65. The number of nitrogens with one attached hydrogen (secondary N) is 1. The van der Waals surface area contributed by atoms with Crippen LogP contribution in [-0.4, -0.2) is 20.1 Å². The number of thiocarbonyl (C=S) groups is 1. The van der Waals surface area contributed by atoms with Gasteiger partial charge >= 0.3 is 0 Å². The van der Waals surface area contributed by atoms with Gasteiger partial charge in [-0.05, 0) is 13.0 Å². The van der Waals surface area contributed by atoms with Gasteiger partial charge in [0.25, 0.3) is 0 Å². The minimum atomic E-state index is 0.250. The van der Waals surface area contributed by atoms with E-state index >= 15 is 0 Å². The van der Waals surface area contributed by atoms with E-state index in [0.29, 0.717) is 18.2 Å². The number of nitrogens with zero attached hydrogens (tertiary/aromatic N) is 3. The lowest BCUT2D eigenvalue weighted by atomic mass is 10.3. The molecule has 2 rings (SSSR count). The van der Waals surface area contributed by atoms with Crippen molar-refractivity contribution < 1.29 is 4.52 Å². The van der Waals surface area contributed by atoms with Crippen molar-refractivity contribution in [2.75, 3.05) is 5.32 Å². The molecule has 0 fully saturated rings. The number of anilines is 1. The summed E-state index contributed by atoms with van der Waals surface area (Å²) < 4.78 is 4.72. The maximum absolute atomic E-state index is 5.53. The van der Waals surface area contributed by atoms with Gasteiger partial charge in [-0.1, -0.05) is 17.4 Å². The van der Waals surface area contributed by atoms with Gasteiger partial charge in [0.15, 0.2) is 0 Å². The molecule has 0 aliphatic heterocycles. The number of rotatable bonds is 4. The first-order valence-corrected chi connectivity index (χ1v) is 5.34. The van der Waals surface area contributed by atoms with Crippen LogP contribution in [0.15, 0.2) is 22.9 Å². The smallest absolute Gasteiger partial charge is 0.223 e. The molecule has 0 aliphatic carbocycles. The highest BCUT2D eigenvalue weighted by Crippen LogP contribution is 2.06. The molecular weight excluding hydrogens is 238 g/mol. The largest absolute Gasteiger partial charge is 0.388 e. The first kappa shape index (κ1) is 11.5. The summed E-state index contributed by atoms with van der Waals surface area (Å²) in [5.74, 6) is 0.468. The van der Waals surface area contributed by atoms with Gasteiger partial charge in [0, 0.05) is 11.8 Å². The molecule has 3 N–H and O–H groups in total. The molecule has 0 unspecified atom stereocenters. The fourth-order valence-corrected chi connectivity index (χ4v) is 1.38. The zero-order valence-electron chi connectivity index (χ0n) is 9.17. The molecule has 2 aromatic rings. The van der Waals surface area contributed by atoms with E-state index in [2.05, 4.69) is 20.4 Å². The molecule has 2 heterocycles. The molecule has 0 atom stereocenters. The third-order valence-electron chi connectivity index (χ3n) is 2.03. The van der Waals surface area contributed by atoms with E-state index in [0.717, 1.165) is 11.4 Å². The third-order valence-corrected chi connectivity index (χ3v) is 2.23. The Labute approximate surface area is 103 Å². The van der Waals surface area contributed by atoms with Crippen molar-refractivity contribution in [1.29, 1.82) is 0 Å². The minimum absolute atomic E-state index is 0.250. The van der Waals surface area contributed by atoms with Crippen molar-refractivity contribution in [2.24, 2.45) is 5.73 Å². The molecule has 6 nitrogen and oxygen atoms in total. The standard InChI is InChI=1S/C10H11N5OS/c1-6-4-8(9(11)17)14-10(13-6)12-5-7-2-3-16-15-7/h2-4H,5H2,1H3,(H2,11,17)(H,12,13,14). The topological polar surface area (TPSA) is 89.9 Å². The quantitative estimate of drug-likeness (QED) is 0.782. The molecule has 7 heteroatoms. The Balaban J connectivity index is 2.13. The summed E-state index contributed by atoms with van der Waals surface area (Å²) in [6.45, 7) is 2.33. The molecule has 0 spiro atoms. The predicted molar refractivity (Wildman–Crippen MR) is 66.5 cm³/mol. The van der Waals surface area contributed by atoms with Crippen molar-refractivity contribution in [2.45, 2.75) is 13.5 Å². The van der Waals surface area contributed by atoms with Crippen LogP contribution in [0.2, 0.25) is 0 Å². The number of nitrogens with two attached hydrogens (primary N) is 1. The third kappa shape index (κ3) is 2.97. The van der Waals surface area contributed by atoms with E-state index in [1.807, 2.05) is 6.92 Å². The maximum Gasteiger partial charge on any atom is 0.223 e. The number of aromatic nitrogens is 3. The predicted octanol–water partition coefficient (Wildman–Crippen LogP) is 1.02. The lowest BCUT2D eigenvalue weighted by Gasteiger charge is -2.05. The van der Waals surface area contributed by atoms with E-state index in [9.17, 15) is 0 Å². The van der Waals surface area contributed by atoms with Gasteiger partial charge in [0.2, 0.25) is 5.95 Å². The summed E-state index contributed by atoms with van der Waals surface area (Å²) in [4.78, 5) is 8.66. The second-order valence-corrected chi connectivity index (χ2v) is 3.87. The van der Waals surface area contributed by atoms with E-state index in [1.165, 1.54) is 6.26 Å². The van der Waals surface area contributed by atoms with E-state index in [4.69, 9.17) is 22.5 Å². The molecule has 0 aliphatic rings. The molecule has 0 saturated carbocycles. The SMILES string of the molecule is Cc1cc(C(N)=S)nc(NCc2ccon2)n1. The fourth-order valence-electron chi connectivity index (χ4n) is 1.27. The van der Waals surface area contributed by atoms with E-state index < -0.39 is 0 Å². The van der Waals surface area contributed by atoms with Crippen molar-refractivity contribution in [3.05, 3.63) is 35.5 Å². The van der Waals surface area contributed by atoms with Gasteiger partial charge in [-0.25, -0.2) is 9.97 Å². The lowest BCUT2D eigenvalue weighted by Crippen LogP contribution is -2.14. The van der Waals surface area contributed by atoms with Gasteiger partial charge in [0.05, 0.1) is 6.54 Å². The second kappa shape index (κ2) is 4.88. The minimum Gasteiger partial charge on any atom is -0.388 e. The molecular formula is C10H11N5OS. The van der Waals surface area contributed by atoms with Crippen LogP contribution in [0.25, 0.3) is 0 Å². The zero-order chi connectivity index (χ0) is 12.3. The van der Waals surface area contributed by atoms with Crippen molar-refractivity contribution in [1.82, 2.24) is 15.1 Å². The average Bonchev–Trinajstić information content (AvgIpc) is 2.78. The Morgan fingerprint density at radius 3 is 3.00 bits per heavy atom. The molecule has 0 bridgehead atoms. The maximum atomic E-state index is 5.53. The van der Waals surface area contributed by atoms with Crippen LogP contribution in [0.3, 0.4) is 0 Å². The van der Waals surface area contributed by atoms with E-state index in [1.54, 1.807) is 12.1 Å². The lowest BCUT2D eigenvalue weighted by molar-refractivity contribution is 0.412. The Morgan fingerprint density at radius 1 is 1.53 bits per heavy atom. The Hall–Kier alpha value is -2.02. The summed E-state index contributed by atoms with van der Waals surface area (Å²) in [6.07, 6.45) is 1.51. The van der Waals surface area contributed by atoms with Gasteiger partial charge in [-0.2, -0.15) is 0 Å². The summed E-state index contributed by atoms with van der Waals surface area (Å²) in [6, 6.07) is 3.50. The Morgan fingerprint density at radius 2 is 2.35 bits per heavy atom. The monoisotopic (exact) mass is 249 g/mol. The average molecular weight is 249 g/mol. The van der Waals surface area contributed by atoms with Crippen LogP contribution < -0.4 is 11.1 Å². The highest BCUT2D eigenvalue weighted by molar-refractivity contribution is 7.80. The molecule has 88 valence electrons. The van der Waals surface area contributed by atoms with Crippen LogP contribution in [0.1, 0.15) is 17.1 Å². The van der Waals surface area contributed by atoms with Crippen LogP contribution in [-0.2, 0) is 6.54 Å². The van der Waals surface area contributed by atoms with Crippen LogP contribution in [0.5, 0.6) is 0 Å². The fraction of sp³-hybridized carbons (Fsp3) is 0.200. The second-order valence-electron chi connectivity index (χ2n) is 3.43. The summed E-state index contributed by atoms with van der Waals surface area (Å²) in [5, 5.41) is 6.79. The Bertz CT molecular complexity index is 525. The van der Waals surface area contributed by atoms with Crippen LogP contribution in [0, 0.1) is 6.92 Å². The molecule has 0 aromatic carbocycles. The number of aryl methyl sites for hydroxylation is 1. The van der Waals surface area contributed by atoms with Crippen molar-refractivity contribution in [3.63, 3.8) is 0 Å². The summed E-state index contributed by atoms with van der Waals surface area (Å²) >= 11 is 4.88. The van der Waals surface area contributed by atoms with Crippen molar-refractivity contribution >= 4 is 23.2 Å². The first-order valence-electron chi connectivity index (χ1n) is 4.94. The molecule has 17 heavy (non-hydrogen) atoms. The normalized spacial score (nSPS) is 10.2. The molecule has 0 saturated heterocycles. The number of hydrogen-bond donors (Lipinski definition) is 2. The van der Waals surface area contributed by atoms with Crippen LogP contribution in [0.4, 0.5) is 5.95 Å². The zero-order valence-corrected chi connectivity index (χ0v) is 9.99. The number of hydrogen-bond acceptors (Lipinski definition) is 6. The first-order chi connectivity index (χ1) is 8.15. The highest BCUT2D eigenvalue weighted by Gasteiger charge is 2.05. The highest BCUT2D eigenvalue weighted by atomic mass is 32.1. The Kier molecular flexibility index (Phi) is 3.29. The van der Waals surface area contributed by atoms with Gasteiger partial charge in [0.1, 0.15) is 22.6 Å². The summed E-state index contributed by atoms with van der Waals surface area (Å²) in [7, 11) is 0. The molecule has 0 amide bonds. The van der Waals surface area contributed by atoms with E-state index in [-0.39, 0.29) is 4.99 Å². The van der Waals surface area contributed by atoms with Crippen molar-refractivity contribution in [3.8, 4) is 0 Å². The van der Waals surface area contributed by atoms with Gasteiger partial charge in [-0.3, -0.25) is 0 Å². The van der Waals surface area contributed by atoms with Crippen LogP contribution >= 0.6 is 12.2 Å². The van der Waals surface area contributed by atoms with Gasteiger partial charge < -0.3 is 15.6 Å². The van der Waals surface area contributed by atoms with Gasteiger partial charge in [-0.15, -0.1) is 0 Å².